The molecule has 0 radical (unpaired) electrons. The van der Waals surface area contributed by atoms with Crippen molar-refractivity contribution in [2.24, 2.45) is 0 Å². The van der Waals surface area contributed by atoms with Crippen LogP contribution in [0.15, 0.2) is 17.2 Å². The first-order valence-corrected chi connectivity index (χ1v) is 7.70. The van der Waals surface area contributed by atoms with Crippen molar-refractivity contribution in [2.45, 2.75) is 31.8 Å². The van der Waals surface area contributed by atoms with Crippen molar-refractivity contribution in [2.75, 3.05) is 20.1 Å². The summed E-state index contributed by atoms with van der Waals surface area (Å²) in [6, 6.07) is 1.70. The molecule has 1 aromatic heterocycles. The Kier molecular flexibility index (Phi) is 5.60. The van der Waals surface area contributed by atoms with Crippen LogP contribution in [0.25, 0.3) is 0 Å². The highest BCUT2D eigenvalue weighted by Crippen LogP contribution is 2.18. The van der Waals surface area contributed by atoms with Gasteiger partial charge in [0.25, 0.3) is 0 Å². The molecule has 0 bridgehead atoms. The first-order valence-electron chi connectivity index (χ1n) is 6.26. The molecule has 106 valence electrons. The van der Waals surface area contributed by atoms with E-state index in [0.717, 1.165) is 18.8 Å². The van der Waals surface area contributed by atoms with Crippen molar-refractivity contribution >= 4 is 10.0 Å². The minimum atomic E-state index is -3.50. The van der Waals surface area contributed by atoms with Crippen LogP contribution in [0.1, 0.15) is 19.5 Å². The Bertz CT molecular complexity index is 555. The van der Waals surface area contributed by atoms with Gasteiger partial charge in [0.15, 0.2) is 0 Å². The number of terminal acetylenes is 1. The summed E-state index contributed by atoms with van der Waals surface area (Å²) in [6.07, 6.45) is 6.82. The maximum absolute atomic E-state index is 12.3. The van der Waals surface area contributed by atoms with E-state index < -0.39 is 10.0 Å². The third-order valence-electron chi connectivity index (χ3n) is 2.88. The van der Waals surface area contributed by atoms with E-state index in [0.29, 0.717) is 11.4 Å². The molecule has 1 rings (SSSR count). The van der Waals surface area contributed by atoms with Gasteiger partial charge in [0, 0.05) is 32.0 Å². The first-order chi connectivity index (χ1) is 8.97. The van der Waals surface area contributed by atoms with Crippen LogP contribution in [0.5, 0.6) is 0 Å². The lowest BCUT2D eigenvalue weighted by Gasteiger charge is -2.12. The summed E-state index contributed by atoms with van der Waals surface area (Å²) in [7, 11) is -2.01. The molecular formula is C13H21N3O2S. The van der Waals surface area contributed by atoms with Crippen molar-refractivity contribution in [1.29, 1.82) is 0 Å². The predicted octanol–water partition coefficient (Wildman–Crippen LogP) is 0.871. The van der Waals surface area contributed by atoms with Crippen LogP contribution in [-0.4, -0.2) is 37.4 Å². The SMILES string of the molecule is C#CCN(C)S(=O)(=O)c1cc(CNCC)n(CC)c1. The van der Waals surface area contributed by atoms with E-state index in [1.54, 1.807) is 12.3 Å². The maximum atomic E-state index is 12.3. The van der Waals surface area contributed by atoms with Crippen molar-refractivity contribution in [3.8, 4) is 12.3 Å². The fourth-order valence-corrected chi connectivity index (χ4v) is 2.91. The number of rotatable bonds is 7. The number of sulfonamides is 1. The number of nitrogens with one attached hydrogen (secondary N) is 1. The largest absolute Gasteiger partial charge is 0.349 e. The molecule has 0 fully saturated rings. The molecule has 1 N–H and O–H groups in total. The molecule has 0 saturated heterocycles. The predicted molar refractivity (Wildman–Crippen MR) is 76.1 cm³/mol. The molecule has 5 nitrogen and oxygen atoms in total. The molecule has 1 heterocycles. The Morgan fingerprint density at radius 2 is 2.16 bits per heavy atom. The Morgan fingerprint density at radius 3 is 2.68 bits per heavy atom. The average molecular weight is 283 g/mol. The third-order valence-corrected chi connectivity index (χ3v) is 4.65. The van der Waals surface area contributed by atoms with E-state index >= 15 is 0 Å². The molecular weight excluding hydrogens is 262 g/mol. The zero-order valence-electron chi connectivity index (χ0n) is 11.7. The number of aryl methyl sites for hydroxylation is 1. The molecule has 0 aliphatic carbocycles. The van der Waals surface area contributed by atoms with E-state index in [4.69, 9.17) is 6.42 Å². The lowest BCUT2D eigenvalue weighted by molar-refractivity contribution is 0.503. The summed E-state index contributed by atoms with van der Waals surface area (Å²) in [5.41, 5.74) is 0.956. The summed E-state index contributed by atoms with van der Waals surface area (Å²) in [5.74, 6) is 2.34. The summed E-state index contributed by atoms with van der Waals surface area (Å²) in [6.45, 7) is 6.29. The van der Waals surface area contributed by atoms with Gasteiger partial charge in [0.05, 0.1) is 6.54 Å². The van der Waals surface area contributed by atoms with Gasteiger partial charge in [-0.3, -0.25) is 0 Å². The zero-order valence-corrected chi connectivity index (χ0v) is 12.5. The minimum absolute atomic E-state index is 0.0716. The average Bonchev–Trinajstić information content (AvgIpc) is 2.80. The van der Waals surface area contributed by atoms with Crippen LogP contribution < -0.4 is 5.32 Å². The molecule has 0 atom stereocenters. The summed E-state index contributed by atoms with van der Waals surface area (Å²) in [5, 5.41) is 3.20. The molecule has 0 aromatic carbocycles. The second-order valence-electron chi connectivity index (χ2n) is 4.20. The van der Waals surface area contributed by atoms with Crippen LogP contribution in [-0.2, 0) is 23.1 Å². The molecule has 0 aliphatic heterocycles. The van der Waals surface area contributed by atoms with Crippen molar-refractivity contribution in [3.05, 3.63) is 18.0 Å². The Morgan fingerprint density at radius 1 is 1.47 bits per heavy atom. The highest BCUT2D eigenvalue weighted by Gasteiger charge is 2.22. The molecule has 6 heteroatoms. The molecule has 0 aliphatic rings. The van der Waals surface area contributed by atoms with Crippen LogP contribution >= 0.6 is 0 Å². The van der Waals surface area contributed by atoms with Gasteiger partial charge in [0.1, 0.15) is 4.90 Å². The molecule has 0 spiro atoms. The van der Waals surface area contributed by atoms with Crippen LogP contribution in [0.4, 0.5) is 0 Å². The lowest BCUT2D eigenvalue weighted by atomic mass is 10.4. The van der Waals surface area contributed by atoms with Gasteiger partial charge in [-0.2, -0.15) is 4.31 Å². The van der Waals surface area contributed by atoms with Crippen molar-refractivity contribution in [3.63, 3.8) is 0 Å². The van der Waals surface area contributed by atoms with Crippen LogP contribution in [0, 0.1) is 12.3 Å². The van der Waals surface area contributed by atoms with Gasteiger partial charge in [-0.1, -0.05) is 12.8 Å². The van der Waals surface area contributed by atoms with E-state index in [1.807, 2.05) is 18.4 Å². The monoisotopic (exact) mass is 283 g/mol. The molecule has 1 aromatic rings. The van der Waals surface area contributed by atoms with Gasteiger partial charge in [0.2, 0.25) is 10.0 Å². The van der Waals surface area contributed by atoms with Gasteiger partial charge >= 0.3 is 0 Å². The number of hydrogen-bond acceptors (Lipinski definition) is 3. The number of hydrogen-bond donors (Lipinski definition) is 1. The van der Waals surface area contributed by atoms with Crippen molar-refractivity contribution < 1.29 is 8.42 Å². The molecule has 19 heavy (non-hydrogen) atoms. The molecule has 0 unspecified atom stereocenters. The fourth-order valence-electron chi connectivity index (χ4n) is 1.76. The van der Waals surface area contributed by atoms with E-state index in [1.165, 1.54) is 11.4 Å². The maximum Gasteiger partial charge on any atom is 0.245 e. The quantitative estimate of drug-likeness (QED) is 0.756. The minimum Gasteiger partial charge on any atom is -0.349 e. The van der Waals surface area contributed by atoms with E-state index in [-0.39, 0.29) is 6.54 Å². The fraction of sp³-hybridized carbons (Fsp3) is 0.538. The Hall–Kier alpha value is -1.29. The van der Waals surface area contributed by atoms with E-state index in [9.17, 15) is 8.42 Å². The smallest absolute Gasteiger partial charge is 0.245 e. The second kappa shape index (κ2) is 6.75. The molecule has 0 amide bonds. The number of nitrogens with zero attached hydrogens (tertiary/aromatic N) is 2. The standard InChI is InChI=1S/C13H21N3O2S/c1-5-8-15(4)19(17,18)13-9-12(10-14-6-2)16(7-3)11-13/h1,9,11,14H,6-8,10H2,2-4H3. The third kappa shape index (κ3) is 3.60. The van der Waals surface area contributed by atoms with Crippen molar-refractivity contribution in [1.82, 2.24) is 14.2 Å². The first kappa shape index (κ1) is 15.8. The summed E-state index contributed by atoms with van der Waals surface area (Å²) >= 11 is 0. The van der Waals surface area contributed by atoms with Gasteiger partial charge in [-0.15, -0.1) is 6.42 Å². The van der Waals surface area contributed by atoms with E-state index in [2.05, 4.69) is 11.2 Å². The normalized spacial score (nSPS) is 11.7. The highest BCUT2D eigenvalue weighted by molar-refractivity contribution is 7.89. The molecule has 0 saturated carbocycles. The van der Waals surface area contributed by atoms with Gasteiger partial charge < -0.3 is 9.88 Å². The Balaban J connectivity index is 3.08. The van der Waals surface area contributed by atoms with Gasteiger partial charge in [-0.05, 0) is 19.5 Å². The Labute approximate surface area is 115 Å². The van der Waals surface area contributed by atoms with Crippen LogP contribution in [0.2, 0.25) is 0 Å². The van der Waals surface area contributed by atoms with Gasteiger partial charge in [-0.25, -0.2) is 8.42 Å². The topological polar surface area (TPSA) is 54.3 Å². The lowest BCUT2D eigenvalue weighted by Crippen LogP contribution is -2.26. The number of aromatic nitrogens is 1. The van der Waals surface area contributed by atoms with Crippen LogP contribution in [0.3, 0.4) is 0 Å². The zero-order chi connectivity index (χ0) is 14.5. The second-order valence-corrected chi connectivity index (χ2v) is 6.24. The highest BCUT2D eigenvalue weighted by atomic mass is 32.2. The summed E-state index contributed by atoms with van der Waals surface area (Å²) in [4.78, 5) is 0.292. The summed E-state index contributed by atoms with van der Waals surface area (Å²) < 4.78 is 27.7.